The minimum atomic E-state index is 0.328. The van der Waals surface area contributed by atoms with Crippen LogP contribution in [-0.2, 0) is 11.3 Å². The fraction of sp³-hybridized carbons (Fsp3) is 0.667. The second-order valence-electron chi connectivity index (χ2n) is 7.28. The number of likely N-dealkylation sites (tertiary alicyclic amines) is 1. The van der Waals surface area contributed by atoms with Gasteiger partial charge in [0.15, 0.2) is 0 Å². The summed E-state index contributed by atoms with van der Waals surface area (Å²) in [7, 11) is 1.74. The predicted octanol–water partition coefficient (Wildman–Crippen LogP) is 3.20. The van der Waals surface area contributed by atoms with Crippen LogP contribution in [-0.4, -0.2) is 31.6 Å². The van der Waals surface area contributed by atoms with Crippen molar-refractivity contribution in [3.63, 3.8) is 0 Å². The van der Waals surface area contributed by atoms with Crippen LogP contribution in [0.15, 0.2) is 24.3 Å². The fourth-order valence-electron chi connectivity index (χ4n) is 3.33. The van der Waals surface area contributed by atoms with Gasteiger partial charge >= 0.3 is 0 Å². The third kappa shape index (κ3) is 4.06. The van der Waals surface area contributed by atoms with Gasteiger partial charge in [0.2, 0.25) is 0 Å². The molecule has 118 valence electrons. The van der Waals surface area contributed by atoms with Gasteiger partial charge in [-0.15, -0.1) is 0 Å². The molecule has 1 fully saturated rings. The monoisotopic (exact) mass is 290 g/mol. The van der Waals surface area contributed by atoms with E-state index in [1.54, 1.807) is 7.11 Å². The molecule has 1 aliphatic heterocycles. The van der Waals surface area contributed by atoms with Crippen LogP contribution in [0.4, 0.5) is 0 Å². The zero-order valence-electron chi connectivity index (χ0n) is 13.9. The number of hydrogen-bond donors (Lipinski definition) is 1. The van der Waals surface area contributed by atoms with Crippen molar-refractivity contribution in [1.82, 2.24) is 4.90 Å². The molecule has 3 heteroatoms. The first-order valence-electron chi connectivity index (χ1n) is 7.97. The third-order valence-corrected chi connectivity index (χ3v) is 4.76. The summed E-state index contributed by atoms with van der Waals surface area (Å²) in [5, 5.41) is 0. The molecule has 0 aromatic heterocycles. The lowest BCUT2D eigenvalue weighted by Crippen LogP contribution is -2.33. The first kappa shape index (κ1) is 16.5. The van der Waals surface area contributed by atoms with Gasteiger partial charge in [-0.3, -0.25) is 4.90 Å². The average molecular weight is 290 g/mol. The van der Waals surface area contributed by atoms with Gasteiger partial charge in [0.05, 0.1) is 6.61 Å². The molecule has 1 saturated heterocycles. The Balaban J connectivity index is 2.12. The van der Waals surface area contributed by atoms with Crippen molar-refractivity contribution in [1.29, 1.82) is 0 Å². The highest BCUT2D eigenvalue weighted by molar-refractivity contribution is 5.26. The molecule has 3 nitrogen and oxygen atoms in total. The molecule has 0 spiro atoms. The Morgan fingerprint density at radius 3 is 2.71 bits per heavy atom. The zero-order chi connectivity index (χ0) is 15.5. The first-order chi connectivity index (χ1) is 9.95. The first-order valence-corrected chi connectivity index (χ1v) is 7.97. The second kappa shape index (κ2) is 6.91. The van der Waals surface area contributed by atoms with Crippen LogP contribution in [0.5, 0.6) is 0 Å². The lowest BCUT2D eigenvalue weighted by Gasteiger charge is -2.30. The molecule has 0 amide bonds. The predicted molar refractivity (Wildman–Crippen MR) is 88.1 cm³/mol. The molecule has 0 bridgehead atoms. The summed E-state index contributed by atoms with van der Waals surface area (Å²) >= 11 is 0. The van der Waals surface area contributed by atoms with Crippen molar-refractivity contribution >= 4 is 0 Å². The fourth-order valence-corrected chi connectivity index (χ4v) is 3.33. The van der Waals surface area contributed by atoms with Crippen LogP contribution in [0.3, 0.4) is 0 Å². The maximum atomic E-state index is 6.09. The lowest BCUT2D eigenvalue weighted by atomic mass is 9.80. The summed E-state index contributed by atoms with van der Waals surface area (Å²) in [5.74, 6) is 0.758. The van der Waals surface area contributed by atoms with Crippen molar-refractivity contribution in [2.24, 2.45) is 17.1 Å². The quantitative estimate of drug-likeness (QED) is 0.905. The van der Waals surface area contributed by atoms with Gasteiger partial charge in [0.25, 0.3) is 0 Å². The van der Waals surface area contributed by atoms with E-state index in [0.717, 1.165) is 19.0 Å². The Labute approximate surface area is 129 Å². The van der Waals surface area contributed by atoms with E-state index in [4.69, 9.17) is 10.5 Å². The van der Waals surface area contributed by atoms with Crippen LogP contribution in [0.1, 0.15) is 44.4 Å². The van der Waals surface area contributed by atoms with E-state index in [1.807, 2.05) is 0 Å². The number of benzene rings is 1. The van der Waals surface area contributed by atoms with Crippen LogP contribution in [0.25, 0.3) is 0 Å². The van der Waals surface area contributed by atoms with E-state index in [1.165, 1.54) is 17.5 Å². The molecule has 2 N–H and O–H groups in total. The molecule has 0 saturated carbocycles. The van der Waals surface area contributed by atoms with Gasteiger partial charge in [-0.1, -0.05) is 45.0 Å². The molecule has 0 aliphatic carbocycles. The van der Waals surface area contributed by atoms with Crippen molar-refractivity contribution < 1.29 is 4.74 Å². The SMILES string of the molecule is COCc1cccc(C(CN)N2CCC(C(C)(C)C)C2)c1. The van der Waals surface area contributed by atoms with Gasteiger partial charge < -0.3 is 10.5 Å². The summed E-state index contributed by atoms with van der Waals surface area (Å²) in [6.45, 7) is 10.7. The molecule has 2 rings (SSSR count). The highest BCUT2D eigenvalue weighted by Gasteiger charge is 2.34. The highest BCUT2D eigenvalue weighted by Crippen LogP contribution is 2.36. The van der Waals surface area contributed by atoms with Gasteiger partial charge in [-0.05, 0) is 35.4 Å². The van der Waals surface area contributed by atoms with E-state index >= 15 is 0 Å². The van der Waals surface area contributed by atoms with Crippen molar-refractivity contribution in [2.45, 2.75) is 39.8 Å². The normalized spacial score (nSPS) is 21.7. The van der Waals surface area contributed by atoms with E-state index in [9.17, 15) is 0 Å². The van der Waals surface area contributed by atoms with Crippen LogP contribution in [0, 0.1) is 11.3 Å². The Kier molecular flexibility index (Phi) is 5.42. The summed E-state index contributed by atoms with van der Waals surface area (Å²) in [6.07, 6.45) is 1.28. The molecular formula is C18H30N2O. The van der Waals surface area contributed by atoms with Crippen molar-refractivity contribution in [2.75, 3.05) is 26.7 Å². The average Bonchev–Trinajstić information content (AvgIpc) is 2.90. The molecule has 1 aromatic carbocycles. The maximum absolute atomic E-state index is 6.09. The van der Waals surface area contributed by atoms with Crippen molar-refractivity contribution in [3.05, 3.63) is 35.4 Å². The third-order valence-electron chi connectivity index (χ3n) is 4.76. The largest absolute Gasteiger partial charge is 0.380 e. The molecule has 0 radical (unpaired) electrons. The summed E-state index contributed by atoms with van der Waals surface area (Å²) in [6, 6.07) is 8.99. The zero-order valence-corrected chi connectivity index (χ0v) is 13.9. The summed E-state index contributed by atoms with van der Waals surface area (Å²) in [5.41, 5.74) is 9.01. The lowest BCUT2D eigenvalue weighted by molar-refractivity contribution is 0.183. The molecule has 21 heavy (non-hydrogen) atoms. The van der Waals surface area contributed by atoms with Crippen LogP contribution < -0.4 is 5.73 Å². The Morgan fingerprint density at radius 2 is 2.14 bits per heavy atom. The van der Waals surface area contributed by atoms with Gasteiger partial charge in [0.1, 0.15) is 0 Å². The van der Waals surface area contributed by atoms with E-state index in [2.05, 4.69) is 49.9 Å². The number of nitrogens with zero attached hydrogens (tertiary/aromatic N) is 1. The van der Waals surface area contributed by atoms with Crippen LogP contribution in [0.2, 0.25) is 0 Å². The maximum Gasteiger partial charge on any atom is 0.0713 e. The standard InChI is InChI=1S/C18H30N2O/c1-18(2,3)16-8-9-20(12-16)17(11-19)15-7-5-6-14(10-15)13-21-4/h5-7,10,16-17H,8-9,11-13,19H2,1-4H3. The Morgan fingerprint density at radius 1 is 1.38 bits per heavy atom. The number of hydrogen-bond acceptors (Lipinski definition) is 3. The number of rotatable bonds is 5. The minimum Gasteiger partial charge on any atom is -0.380 e. The molecule has 1 aromatic rings. The summed E-state index contributed by atoms with van der Waals surface area (Å²) < 4.78 is 5.24. The van der Waals surface area contributed by atoms with Crippen molar-refractivity contribution in [3.8, 4) is 0 Å². The molecule has 1 aliphatic rings. The topological polar surface area (TPSA) is 38.5 Å². The molecule has 1 heterocycles. The van der Waals surface area contributed by atoms with Gasteiger partial charge in [-0.25, -0.2) is 0 Å². The number of methoxy groups -OCH3 is 1. The highest BCUT2D eigenvalue weighted by atomic mass is 16.5. The molecular weight excluding hydrogens is 260 g/mol. The summed E-state index contributed by atoms with van der Waals surface area (Å²) in [4.78, 5) is 2.56. The van der Waals surface area contributed by atoms with E-state index in [-0.39, 0.29) is 0 Å². The van der Waals surface area contributed by atoms with Gasteiger partial charge in [-0.2, -0.15) is 0 Å². The van der Waals surface area contributed by atoms with E-state index in [0.29, 0.717) is 24.6 Å². The Bertz CT molecular complexity index is 453. The second-order valence-corrected chi connectivity index (χ2v) is 7.28. The molecule has 2 unspecified atom stereocenters. The smallest absolute Gasteiger partial charge is 0.0713 e. The van der Waals surface area contributed by atoms with E-state index < -0.39 is 0 Å². The number of nitrogens with two attached hydrogens (primary N) is 1. The number of ether oxygens (including phenoxy) is 1. The molecule has 2 atom stereocenters. The van der Waals surface area contributed by atoms with Crippen LogP contribution >= 0.6 is 0 Å². The van der Waals surface area contributed by atoms with Gasteiger partial charge in [0, 0.05) is 26.2 Å². The minimum absolute atomic E-state index is 0.328. The Hall–Kier alpha value is -0.900.